The molecule has 0 unspecified atom stereocenters. The van der Waals surface area contributed by atoms with Gasteiger partial charge in [-0.15, -0.1) is 0 Å². The van der Waals surface area contributed by atoms with Crippen molar-refractivity contribution in [1.29, 1.82) is 5.26 Å². The van der Waals surface area contributed by atoms with Crippen molar-refractivity contribution < 1.29 is 4.79 Å². The number of thioether (sulfide) groups is 1. The highest BCUT2D eigenvalue weighted by Gasteiger charge is 2.06. The lowest BCUT2D eigenvalue weighted by Gasteiger charge is -1.88. The van der Waals surface area contributed by atoms with E-state index in [1.807, 2.05) is 6.07 Å². The number of anilines is 1. The van der Waals surface area contributed by atoms with E-state index >= 15 is 0 Å². The fraction of sp³-hybridized carbons (Fsp3) is 0.300. The maximum absolute atomic E-state index is 10.6. The van der Waals surface area contributed by atoms with Crippen molar-refractivity contribution in [1.82, 2.24) is 10.2 Å². The molecule has 6 heteroatoms. The first-order valence-corrected chi connectivity index (χ1v) is 5.50. The molecule has 1 aromatic rings. The molecule has 1 aromatic heterocycles. The van der Waals surface area contributed by atoms with Gasteiger partial charge in [0.25, 0.3) is 0 Å². The van der Waals surface area contributed by atoms with Gasteiger partial charge < -0.3 is 5.73 Å². The van der Waals surface area contributed by atoms with Gasteiger partial charge in [0.05, 0.1) is 0 Å². The number of nitrogen functional groups attached to an aromatic ring is 1. The number of carbonyl (C=O) groups is 1. The molecule has 3 N–H and O–H groups in total. The summed E-state index contributed by atoms with van der Waals surface area (Å²) in [7, 11) is 0. The summed E-state index contributed by atoms with van der Waals surface area (Å²) in [6.45, 7) is 1.52. The molecule has 0 saturated heterocycles. The van der Waals surface area contributed by atoms with Gasteiger partial charge in [-0.25, -0.2) is 0 Å². The van der Waals surface area contributed by atoms with E-state index in [4.69, 9.17) is 11.0 Å². The molecule has 1 rings (SSSR count). The maximum atomic E-state index is 10.6. The quantitative estimate of drug-likeness (QED) is 0.585. The first kappa shape index (κ1) is 12.2. The molecular weight excluding hydrogens is 224 g/mol. The average molecular weight is 234 g/mol. The average Bonchev–Trinajstić information content (AvgIpc) is 2.58. The molecule has 0 aliphatic heterocycles. The Hall–Kier alpha value is -1.92. The highest BCUT2D eigenvalue weighted by atomic mass is 32.2. The summed E-state index contributed by atoms with van der Waals surface area (Å²) in [5, 5.41) is 15.1. The van der Waals surface area contributed by atoms with Crippen LogP contribution in [-0.4, -0.2) is 21.1 Å². The molecule has 82 valence electrons. The van der Waals surface area contributed by atoms with Crippen LogP contribution in [0.1, 0.15) is 24.6 Å². The monoisotopic (exact) mass is 234 g/mol. The second kappa shape index (κ2) is 5.84. The fourth-order valence-electron chi connectivity index (χ4n) is 0.956. The number of hydrogen-bond donors (Lipinski definition) is 2. The molecule has 0 radical (unpaired) electrons. The molecular formula is C10H10N4OS. The van der Waals surface area contributed by atoms with E-state index in [0.29, 0.717) is 17.9 Å². The summed E-state index contributed by atoms with van der Waals surface area (Å²) in [5.41, 5.74) is 6.13. The summed E-state index contributed by atoms with van der Waals surface area (Å²) in [6.07, 6.45) is 0.577. The lowest BCUT2D eigenvalue weighted by atomic mass is 10.2. The summed E-state index contributed by atoms with van der Waals surface area (Å²) < 4.78 is 0. The molecule has 1 heterocycles. The number of H-pyrrole nitrogens is 1. The van der Waals surface area contributed by atoms with Gasteiger partial charge in [-0.1, -0.05) is 17.7 Å². The van der Waals surface area contributed by atoms with Gasteiger partial charge in [-0.2, -0.15) is 10.4 Å². The van der Waals surface area contributed by atoms with Crippen LogP contribution >= 0.6 is 11.8 Å². The van der Waals surface area contributed by atoms with Crippen molar-refractivity contribution in [3.05, 3.63) is 11.3 Å². The molecule has 0 aliphatic carbocycles. The largest absolute Gasteiger partial charge is 0.381 e. The number of hydrogen-bond acceptors (Lipinski definition) is 5. The van der Waals surface area contributed by atoms with E-state index in [0.717, 1.165) is 0 Å². The molecule has 0 saturated carbocycles. The Labute approximate surface area is 97.4 Å². The van der Waals surface area contributed by atoms with Crippen LogP contribution in [0.15, 0.2) is 0 Å². The van der Waals surface area contributed by atoms with Crippen LogP contribution in [0, 0.1) is 23.2 Å². The van der Waals surface area contributed by atoms with Crippen molar-refractivity contribution in [3.63, 3.8) is 0 Å². The first-order valence-electron chi connectivity index (χ1n) is 4.51. The van der Waals surface area contributed by atoms with Crippen LogP contribution in [0.4, 0.5) is 5.82 Å². The zero-order valence-corrected chi connectivity index (χ0v) is 9.52. The second-order valence-corrected chi connectivity index (χ2v) is 4.13. The maximum Gasteiger partial charge on any atom is 0.185 e. The van der Waals surface area contributed by atoms with E-state index in [2.05, 4.69) is 22.0 Å². The van der Waals surface area contributed by atoms with Gasteiger partial charge in [0.1, 0.15) is 17.3 Å². The van der Waals surface area contributed by atoms with E-state index in [-0.39, 0.29) is 16.5 Å². The molecule has 0 aliphatic rings. The summed E-state index contributed by atoms with van der Waals surface area (Å²) in [6, 6.07) is 1.92. The normalized spacial score (nSPS) is 9.00. The third-order valence-corrected chi connectivity index (χ3v) is 2.47. The number of nitrogens with zero attached hydrogens (tertiary/aromatic N) is 2. The Morgan fingerprint density at radius 1 is 1.69 bits per heavy atom. The van der Waals surface area contributed by atoms with Crippen LogP contribution in [0.25, 0.3) is 0 Å². The number of nitrogens with two attached hydrogens (primary N) is 1. The van der Waals surface area contributed by atoms with Gasteiger partial charge in [-0.05, 0) is 5.92 Å². The number of aromatic amines is 1. The summed E-state index contributed by atoms with van der Waals surface area (Å²) in [4.78, 5) is 10.6. The van der Waals surface area contributed by atoms with Gasteiger partial charge in [0.15, 0.2) is 10.9 Å². The fourth-order valence-corrected chi connectivity index (χ4v) is 1.45. The smallest absolute Gasteiger partial charge is 0.185 e. The Morgan fingerprint density at radius 2 is 2.44 bits per heavy atom. The number of rotatable bonds is 2. The van der Waals surface area contributed by atoms with Crippen molar-refractivity contribution in [2.45, 2.75) is 13.3 Å². The third kappa shape index (κ3) is 3.34. The second-order valence-electron chi connectivity index (χ2n) is 2.86. The minimum Gasteiger partial charge on any atom is -0.381 e. The molecule has 0 fully saturated rings. The Morgan fingerprint density at radius 3 is 3.06 bits per heavy atom. The van der Waals surface area contributed by atoms with Gasteiger partial charge in [0, 0.05) is 19.1 Å². The van der Waals surface area contributed by atoms with Crippen LogP contribution in [0.3, 0.4) is 0 Å². The third-order valence-electron chi connectivity index (χ3n) is 1.65. The van der Waals surface area contributed by atoms with E-state index < -0.39 is 0 Å². The van der Waals surface area contributed by atoms with Gasteiger partial charge >= 0.3 is 0 Å². The lowest BCUT2D eigenvalue weighted by Crippen LogP contribution is -1.87. The molecule has 5 nitrogen and oxygen atoms in total. The number of aromatic nitrogens is 2. The van der Waals surface area contributed by atoms with Gasteiger partial charge in [-0.3, -0.25) is 9.89 Å². The SMILES string of the molecule is CC(=O)SCCC#Cc1[nH]nc(N)c1C#N. The molecule has 0 spiro atoms. The topological polar surface area (TPSA) is 95.6 Å². The van der Waals surface area contributed by atoms with Crippen molar-refractivity contribution in [2.24, 2.45) is 0 Å². The molecule has 0 bridgehead atoms. The highest BCUT2D eigenvalue weighted by molar-refractivity contribution is 8.13. The van der Waals surface area contributed by atoms with Crippen molar-refractivity contribution in [2.75, 3.05) is 11.5 Å². The standard InChI is InChI=1S/C10H10N4OS/c1-7(15)16-5-3-2-4-9-8(6-11)10(12)14-13-9/h3,5H2,1H3,(H3,12,13,14). The van der Waals surface area contributed by atoms with Crippen LogP contribution < -0.4 is 5.73 Å². The Kier molecular flexibility index (Phi) is 4.43. The zero-order chi connectivity index (χ0) is 12.0. The minimum atomic E-state index is 0.0744. The van der Waals surface area contributed by atoms with Crippen LogP contribution in [0.5, 0.6) is 0 Å². The lowest BCUT2D eigenvalue weighted by molar-refractivity contribution is -0.109. The molecule has 0 amide bonds. The highest BCUT2D eigenvalue weighted by Crippen LogP contribution is 2.10. The predicted molar refractivity (Wildman–Crippen MR) is 62.3 cm³/mol. The Bertz CT molecular complexity index is 489. The van der Waals surface area contributed by atoms with E-state index in [1.54, 1.807) is 0 Å². The molecule has 0 aromatic carbocycles. The van der Waals surface area contributed by atoms with Crippen molar-refractivity contribution in [3.8, 4) is 17.9 Å². The van der Waals surface area contributed by atoms with E-state index in [9.17, 15) is 4.79 Å². The number of carbonyl (C=O) groups excluding carboxylic acids is 1. The van der Waals surface area contributed by atoms with Crippen LogP contribution in [0.2, 0.25) is 0 Å². The molecule has 16 heavy (non-hydrogen) atoms. The minimum absolute atomic E-state index is 0.0744. The summed E-state index contributed by atoms with van der Waals surface area (Å²) in [5.74, 6) is 6.41. The van der Waals surface area contributed by atoms with E-state index in [1.165, 1.54) is 18.7 Å². The van der Waals surface area contributed by atoms with Gasteiger partial charge in [0.2, 0.25) is 0 Å². The van der Waals surface area contributed by atoms with Crippen molar-refractivity contribution >= 4 is 22.7 Å². The molecule has 0 atom stereocenters. The van der Waals surface area contributed by atoms with Crippen LogP contribution in [-0.2, 0) is 4.79 Å². The number of nitriles is 1. The number of nitrogens with one attached hydrogen (secondary N) is 1. The predicted octanol–water partition coefficient (Wildman–Crippen LogP) is 0.885. The Balaban J connectivity index is 2.57. The zero-order valence-electron chi connectivity index (χ0n) is 8.70. The summed E-state index contributed by atoms with van der Waals surface area (Å²) >= 11 is 1.22. The first-order chi connectivity index (χ1) is 7.65.